The molecule has 1 aliphatic heterocycles. The first kappa shape index (κ1) is 11.7. The first-order chi connectivity index (χ1) is 8.45. The molecular weight excluding hydrogens is 222 g/mol. The van der Waals surface area contributed by atoms with Gasteiger partial charge in [-0.1, -0.05) is 32.9 Å². The summed E-state index contributed by atoms with van der Waals surface area (Å²) in [7, 11) is 2.16. The molecule has 0 spiro atoms. The SMILES string of the molecule is CN1CC(n2ncc3ccc(C(C)(C)C)cc32)C1. The lowest BCUT2D eigenvalue weighted by Gasteiger charge is -2.36. The van der Waals surface area contributed by atoms with Crippen molar-refractivity contribution < 1.29 is 0 Å². The Morgan fingerprint density at radius 3 is 2.56 bits per heavy atom. The summed E-state index contributed by atoms with van der Waals surface area (Å²) >= 11 is 0. The molecule has 2 aromatic rings. The van der Waals surface area contributed by atoms with E-state index in [1.807, 2.05) is 6.20 Å². The highest BCUT2D eigenvalue weighted by Crippen LogP contribution is 2.29. The van der Waals surface area contributed by atoms with E-state index in [0.717, 1.165) is 13.1 Å². The van der Waals surface area contributed by atoms with Crippen molar-refractivity contribution in [2.75, 3.05) is 20.1 Å². The van der Waals surface area contributed by atoms with Crippen LogP contribution in [0.2, 0.25) is 0 Å². The normalized spacial score (nSPS) is 18.2. The maximum atomic E-state index is 4.56. The fraction of sp³-hybridized carbons (Fsp3) is 0.533. The lowest BCUT2D eigenvalue weighted by atomic mass is 9.87. The molecule has 96 valence electrons. The van der Waals surface area contributed by atoms with Gasteiger partial charge in [-0.2, -0.15) is 5.10 Å². The van der Waals surface area contributed by atoms with Gasteiger partial charge in [-0.05, 0) is 24.1 Å². The zero-order valence-electron chi connectivity index (χ0n) is 11.6. The highest BCUT2D eigenvalue weighted by atomic mass is 15.4. The van der Waals surface area contributed by atoms with Crippen molar-refractivity contribution in [3.8, 4) is 0 Å². The first-order valence-corrected chi connectivity index (χ1v) is 6.61. The van der Waals surface area contributed by atoms with Crippen LogP contribution in [0.4, 0.5) is 0 Å². The van der Waals surface area contributed by atoms with E-state index >= 15 is 0 Å². The first-order valence-electron chi connectivity index (χ1n) is 6.61. The summed E-state index contributed by atoms with van der Waals surface area (Å²) in [4.78, 5) is 2.33. The molecule has 0 radical (unpaired) electrons. The van der Waals surface area contributed by atoms with Crippen LogP contribution >= 0.6 is 0 Å². The minimum atomic E-state index is 0.194. The van der Waals surface area contributed by atoms with Crippen molar-refractivity contribution in [1.82, 2.24) is 14.7 Å². The molecule has 1 fully saturated rings. The summed E-state index contributed by atoms with van der Waals surface area (Å²) in [5, 5.41) is 5.81. The lowest BCUT2D eigenvalue weighted by Crippen LogP contribution is -2.45. The molecule has 1 aromatic heterocycles. The number of likely N-dealkylation sites (tertiary alicyclic amines) is 1. The van der Waals surface area contributed by atoms with Gasteiger partial charge < -0.3 is 4.90 Å². The van der Waals surface area contributed by atoms with Gasteiger partial charge in [-0.3, -0.25) is 4.68 Å². The van der Waals surface area contributed by atoms with Crippen LogP contribution in [0.3, 0.4) is 0 Å². The summed E-state index contributed by atoms with van der Waals surface area (Å²) in [6, 6.07) is 7.27. The smallest absolute Gasteiger partial charge is 0.0779 e. The zero-order chi connectivity index (χ0) is 12.9. The van der Waals surface area contributed by atoms with E-state index in [1.165, 1.54) is 16.5 Å². The predicted molar refractivity (Wildman–Crippen MR) is 75.0 cm³/mol. The van der Waals surface area contributed by atoms with Gasteiger partial charge >= 0.3 is 0 Å². The summed E-state index contributed by atoms with van der Waals surface area (Å²) < 4.78 is 2.20. The number of benzene rings is 1. The van der Waals surface area contributed by atoms with Gasteiger partial charge in [0.05, 0.1) is 17.8 Å². The van der Waals surface area contributed by atoms with Crippen LogP contribution < -0.4 is 0 Å². The molecule has 1 aromatic carbocycles. The number of fused-ring (bicyclic) bond motifs is 1. The maximum Gasteiger partial charge on any atom is 0.0779 e. The Balaban J connectivity index is 2.05. The molecule has 18 heavy (non-hydrogen) atoms. The monoisotopic (exact) mass is 243 g/mol. The van der Waals surface area contributed by atoms with Gasteiger partial charge in [0.15, 0.2) is 0 Å². The van der Waals surface area contributed by atoms with Gasteiger partial charge in [-0.25, -0.2) is 0 Å². The van der Waals surface area contributed by atoms with Crippen molar-refractivity contribution in [2.45, 2.75) is 32.2 Å². The van der Waals surface area contributed by atoms with Crippen molar-refractivity contribution in [2.24, 2.45) is 0 Å². The number of hydrogen-bond acceptors (Lipinski definition) is 2. The molecule has 3 rings (SSSR count). The van der Waals surface area contributed by atoms with Gasteiger partial charge in [0.25, 0.3) is 0 Å². The van der Waals surface area contributed by atoms with Crippen molar-refractivity contribution in [3.63, 3.8) is 0 Å². The van der Waals surface area contributed by atoms with Crippen LogP contribution in [0.25, 0.3) is 10.9 Å². The molecule has 0 aliphatic carbocycles. The highest BCUT2D eigenvalue weighted by molar-refractivity contribution is 5.79. The van der Waals surface area contributed by atoms with Crippen molar-refractivity contribution >= 4 is 10.9 Å². The Morgan fingerprint density at radius 1 is 1.22 bits per heavy atom. The van der Waals surface area contributed by atoms with Crippen LogP contribution in [0.15, 0.2) is 24.4 Å². The molecule has 0 saturated carbocycles. The average molecular weight is 243 g/mol. The van der Waals surface area contributed by atoms with Gasteiger partial charge in [0.1, 0.15) is 0 Å². The van der Waals surface area contributed by atoms with Crippen LogP contribution in [-0.4, -0.2) is 34.8 Å². The lowest BCUT2D eigenvalue weighted by molar-refractivity contribution is 0.134. The van der Waals surface area contributed by atoms with Gasteiger partial charge in [0, 0.05) is 18.5 Å². The molecule has 0 amide bonds. The minimum Gasteiger partial charge on any atom is -0.302 e. The molecule has 0 bridgehead atoms. The Bertz CT molecular complexity index is 571. The van der Waals surface area contributed by atoms with Gasteiger partial charge in [-0.15, -0.1) is 0 Å². The highest BCUT2D eigenvalue weighted by Gasteiger charge is 2.27. The summed E-state index contributed by atoms with van der Waals surface area (Å²) in [6.07, 6.45) is 1.99. The van der Waals surface area contributed by atoms with Crippen molar-refractivity contribution in [1.29, 1.82) is 0 Å². The third-order valence-corrected chi connectivity index (χ3v) is 3.86. The fourth-order valence-corrected chi connectivity index (χ4v) is 2.62. The number of rotatable bonds is 1. The summed E-state index contributed by atoms with van der Waals surface area (Å²) in [6.45, 7) is 8.98. The quantitative estimate of drug-likeness (QED) is 0.768. The van der Waals surface area contributed by atoms with Crippen LogP contribution in [0.1, 0.15) is 32.4 Å². The summed E-state index contributed by atoms with van der Waals surface area (Å²) in [5.74, 6) is 0. The van der Waals surface area contributed by atoms with Crippen LogP contribution in [0, 0.1) is 0 Å². The Hall–Kier alpha value is -1.35. The standard InChI is InChI=1S/C15H21N3/c1-15(2,3)12-6-5-11-8-16-18(14(11)7-12)13-9-17(4)10-13/h5-8,13H,9-10H2,1-4H3. The number of hydrogen-bond donors (Lipinski definition) is 0. The molecule has 2 heterocycles. The molecular formula is C15H21N3. The second-order valence-electron chi connectivity index (χ2n) is 6.49. The van der Waals surface area contributed by atoms with E-state index in [4.69, 9.17) is 0 Å². The third-order valence-electron chi connectivity index (χ3n) is 3.86. The van der Waals surface area contributed by atoms with Crippen molar-refractivity contribution in [3.05, 3.63) is 30.0 Å². The van der Waals surface area contributed by atoms with E-state index < -0.39 is 0 Å². The largest absolute Gasteiger partial charge is 0.302 e. The topological polar surface area (TPSA) is 21.1 Å². The minimum absolute atomic E-state index is 0.194. The van der Waals surface area contributed by atoms with E-state index in [9.17, 15) is 0 Å². The number of likely N-dealkylation sites (N-methyl/N-ethyl adjacent to an activating group) is 1. The second kappa shape index (κ2) is 3.82. The number of nitrogens with zero attached hydrogens (tertiary/aromatic N) is 3. The predicted octanol–water partition coefficient (Wildman–Crippen LogP) is 2.82. The van der Waals surface area contributed by atoms with E-state index in [2.05, 4.69) is 60.7 Å². The molecule has 0 N–H and O–H groups in total. The molecule has 0 atom stereocenters. The fourth-order valence-electron chi connectivity index (χ4n) is 2.62. The molecule has 1 aliphatic rings. The Labute approximate surface area is 108 Å². The maximum absolute atomic E-state index is 4.56. The zero-order valence-corrected chi connectivity index (χ0v) is 11.6. The van der Waals surface area contributed by atoms with E-state index in [-0.39, 0.29) is 5.41 Å². The molecule has 1 saturated heterocycles. The van der Waals surface area contributed by atoms with E-state index in [0.29, 0.717) is 6.04 Å². The van der Waals surface area contributed by atoms with Crippen LogP contribution in [0.5, 0.6) is 0 Å². The molecule has 3 heteroatoms. The summed E-state index contributed by atoms with van der Waals surface area (Å²) in [5.41, 5.74) is 2.85. The second-order valence-corrected chi connectivity index (χ2v) is 6.49. The van der Waals surface area contributed by atoms with E-state index in [1.54, 1.807) is 0 Å². The molecule has 0 unspecified atom stereocenters. The Morgan fingerprint density at radius 2 is 1.94 bits per heavy atom. The third kappa shape index (κ3) is 1.83. The number of aromatic nitrogens is 2. The van der Waals surface area contributed by atoms with Gasteiger partial charge in [0.2, 0.25) is 0 Å². The van der Waals surface area contributed by atoms with Crippen LogP contribution in [-0.2, 0) is 5.41 Å². The molecule has 3 nitrogen and oxygen atoms in total. The average Bonchev–Trinajstić information content (AvgIpc) is 2.66. The Kier molecular flexibility index (Phi) is 2.49.